The molecule has 0 N–H and O–H groups in total. The number of halogens is 1. The van der Waals surface area contributed by atoms with Crippen molar-refractivity contribution in [2.75, 3.05) is 4.31 Å². The molecular weight excluding hydrogens is 289 g/mol. The molecular formula is C16H16FNO2S. The van der Waals surface area contributed by atoms with Crippen LogP contribution in [0, 0.1) is 5.82 Å². The lowest BCUT2D eigenvalue weighted by Crippen LogP contribution is -2.42. The van der Waals surface area contributed by atoms with Crippen LogP contribution in [0.15, 0.2) is 53.4 Å². The van der Waals surface area contributed by atoms with Crippen molar-refractivity contribution in [3.63, 3.8) is 0 Å². The van der Waals surface area contributed by atoms with Crippen molar-refractivity contribution in [3.8, 4) is 0 Å². The molecule has 5 heteroatoms. The topological polar surface area (TPSA) is 37.4 Å². The molecule has 0 bridgehead atoms. The third-order valence-electron chi connectivity index (χ3n) is 3.83. The molecule has 3 rings (SSSR count). The van der Waals surface area contributed by atoms with Crippen LogP contribution in [0.1, 0.15) is 18.9 Å². The first kappa shape index (κ1) is 14.1. The summed E-state index contributed by atoms with van der Waals surface area (Å²) in [5.41, 5.74) is 1.75. The van der Waals surface area contributed by atoms with Crippen LogP contribution in [-0.4, -0.2) is 14.5 Å². The summed E-state index contributed by atoms with van der Waals surface area (Å²) >= 11 is 0. The predicted molar refractivity (Wildman–Crippen MR) is 80.3 cm³/mol. The summed E-state index contributed by atoms with van der Waals surface area (Å²) in [7, 11) is -3.67. The smallest absolute Gasteiger partial charge is 0.263 e. The van der Waals surface area contributed by atoms with Gasteiger partial charge in [-0.1, -0.05) is 18.2 Å². The van der Waals surface area contributed by atoms with Crippen LogP contribution in [0.25, 0.3) is 0 Å². The molecule has 1 aliphatic heterocycles. The Morgan fingerprint density at radius 2 is 1.76 bits per heavy atom. The molecule has 110 valence electrons. The summed E-state index contributed by atoms with van der Waals surface area (Å²) in [4.78, 5) is 0.118. The van der Waals surface area contributed by atoms with Gasteiger partial charge in [0.2, 0.25) is 0 Å². The molecule has 0 unspecified atom stereocenters. The van der Waals surface area contributed by atoms with Gasteiger partial charge in [-0.15, -0.1) is 0 Å². The lowest BCUT2D eigenvalue weighted by atomic mass is 9.99. The van der Waals surface area contributed by atoms with Gasteiger partial charge in [0, 0.05) is 6.04 Å². The molecule has 0 aromatic heterocycles. The Balaban J connectivity index is 2.12. The van der Waals surface area contributed by atoms with Crippen molar-refractivity contribution in [1.29, 1.82) is 0 Å². The van der Waals surface area contributed by atoms with Crippen molar-refractivity contribution < 1.29 is 12.8 Å². The van der Waals surface area contributed by atoms with E-state index in [1.165, 1.54) is 28.6 Å². The second-order valence-electron chi connectivity index (χ2n) is 5.27. The van der Waals surface area contributed by atoms with E-state index in [9.17, 15) is 12.8 Å². The molecule has 1 atom stereocenters. The normalized spacial score (nSPS) is 18.4. The quantitative estimate of drug-likeness (QED) is 0.853. The number of hydrogen-bond acceptors (Lipinski definition) is 2. The lowest BCUT2D eigenvalue weighted by molar-refractivity contribution is 0.562. The number of fused-ring (bicyclic) bond motifs is 1. The highest BCUT2D eigenvalue weighted by Crippen LogP contribution is 2.35. The second kappa shape index (κ2) is 5.15. The fourth-order valence-electron chi connectivity index (χ4n) is 2.74. The van der Waals surface area contributed by atoms with E-state index in [4.69, 9.17) is 0 Å². The van der Waals surface area contributed by atoms with Crippen molar-refractivity contribution >= 4 is 15.7 Å². The van der Waals surface area contributed by atoms with Crippen LogP contribution in [0.2, 0.25) is 0 Å². The first-order valence-corrected chi connectivity index (χ1v) is 8.32. The Morgan fingerprint density at radius 3 is 2.48 bits per heavy atom. The number of aryl methyl sites for hydroxylation is 1. The van der Waals surface area contributed by atoms with Crippen molar-refractivity contribution in [3.05, 3.63) is 59.9 Å². The maximum absolute atomic E-state index is 13.0. The minimum Gasteiger partial charge on any atom is -0.263 e. The average molecular weight is 305 g/mol. The molecule has 1 aliphatic rings. The van der Waals surface area contributed by atoms with Gasteiger partial charge in [0.15, 0.2) is 0 Å². The summed E-state index contributed by atoms with van der Waals surface area (Å²) in [6, 6.07) is 12.4. The van der Waals surface area contributed by atoms with Crippen LogP contribution < -0.4 is 4.31 Å². The van der Waals surface area contributed by atoms with Crippen molar-refractivity contribution in [2.24, 2.45) is 0 Å². The van der Waals surface area contributed by atoms with Gasteiger partial charge in [0.05, 0.1) is 10.6 Å². The maximum Gasteiger partial charge on any atom is 0.264 e. The molecule has 1 heterocycles. The zero-order valence-electron chi connectivity index (χ0n) is 11.7. The van der Waals surface area contributed by atoms with Crippen LogP contribution >= 0.6 is 0 Å². The highest BCUT2D eigenvalue weighted by Gasteiger charge is 2.33. The molecule has 2 aromatic rings. The number of benzene rings is 2. The third kappa shape index (κ3) is 2.42. The van der Waals surface area contributed by atoms with Gasteiger partial charge in [0.25, 0.3) is 10.0 Å². The van der Waals surface area contributed by atoms with Gasteiger partial charge in [-0.05, 0) is 55.7 Å². The molecule has 0 saturated carbocycles. The van der Waals surface area contributed by atoms with E-state index < -0.39 is 15.8 Å². The molecule has 2 aromatic carbocycles. The van der Waals surface area contributed by atoms with Crippen LogP contribution in [0.3, 0.4) is 0 Å². The average Bonchev–Trinajstić information content (AvgIpc) is 2.47. The molecule has 0 fully saturated rings. The molecule has 0 aliphatic carbocycles. The van der Waals surface area contributed by atoms with E-state index in [-0.39, 0.29) is 10.9 Å². The zero-order valence-corrected chi connectivity index (χ0v) is 12.5. The van der Waals surface area contributed by atoms with E-state index in [0.29, 0.717) is 0 Å². The van der Waals surface area contributed by atoms with E-state index in [2.05, 4.69) is 0 Å². The minimum absolute atomic E-state index is 0.116. The van der Waals surface area contributed by atoms with Crippen molar-refractivity contribution in [1.82, 2.24) is 0 Å². The zero-order chi connectivity index (χ0) is 15.0. The van der Waals surface area contributed by atoms with E-state index in [1.807, 2.05) is 31.2 Å². The standard InChI is InChI=1S/C16H16FNO2S/c1-12-6-7-13-4-2-3-5-16(13)18(12)21(19,20)15-10-8-14(17)9-11-15/h2-5,8-12H,6-7H2,1H3/t12-/m1/s1. The molecule has 0 saturated heterocycles. The molecule has 0 spiro atoms. The Kier molecular flexibility index (Phi) is 3.45. The van der Waals surface area contributed by atoms with Gasteiger partial charge in [-0.2, -0.15) is 0 Å². The summed E-state index contributed by atoms with van der Waals surface area (Å²) in [6.45, 7) is 1.90. The lowest BCUT2D eigenvalue weighted by Gasteiger charge is -2.35. The van der Waals surface area contributed by atoms with Gasteiger partial charge in [-0.3, -0.25) is 4.31 Å². The van der Waals surface area contributed by atoms with Crippen LogP contribution in [-0.2, 0) is 16.4 Å². The number of rotatable bonds is 2. The molecule has 3 nitrogen and oxygen atoms in total. The Bertz CT molecular complexity index is 756. The van der Waals surface area contributed by atoms with Crippen LogP contribution in [0.4, 0.5) is 10.1 Å². The monoisotopic (exact) mass is 305 g/mol. The number of anilines is 1. The van der Waals surface area contributed by atoms with Gasteiger partial charge < -0.3 is 0 Å². The van der Waals surface area contributed by atoms with Gasteiger partial charge in [0.1, 0.15) is 5.82 Å². The molecule has 21 heavy (non-hydrogen) atoms. The number of nitrogens with zero attached hydrogens (tertiary/aromatic N) is 1. The summed E-state index contributed by atoms with van der Waals surface area (Å²) in [6.07, 6.45) is 1.64. The third-order valence-corrected chi connectivity index (χ3v) is 5.77. The Labute approximate surface area is 124 Å². The maximum atomic E-state index is 13.0. The highest BCUT2D eigenvalue weighted by atomic mass is 32.2. The van der Waals surface area contributed by atoms with E-state index in [0.717, 1.165) is 24.1 Å². The van der Waals surface area contributed by atoms with Gasteiger partial charge >= 0.3 is 0 Å². The Morgan fingerprint density at radius 1 is 1.10 bits per heavy atom. The highest BCUT2D eigenvalue weighted by molar-refractivity contribution is 7.92. The second-order valence-corrected chi connectivity index (χ2v) is 7.09. The first-order chi connectivity index (χ1) is 10.00. The SMILES string of the molecule is C[C@@H]1CCc2ccccc2N1S(=O)(=O)c1ccc(F)cc1. The number of hydrogen-bond donors (Lipinski definition) is 0. The summed E-state index contributed by atoms with van der Waals surface area (Å²) in [5.74, 6) is -0.443. The van der Waals surface area contributed by atoms with Crippen LogP contribution in [0.5, 0.6) is 0 Å². The first-order valence-electron chi connectivity index (χ1n) is 6.88. The van der Waals surface area contributed by atoms with E-state index in [1.54, 1.807) is 0 Å². The number of para-hydroxylation sites is 1. The summed E-state index contributed by atoms with van der Waals surface area (Å²) in [5, 5.41) is 0. The fraction of sp³-hybridized carbons (Fsp3) is 0.250. The Hall–Kier alpha value is -1.88. The van der Waals surface area contributed by atoms with Crippen molar-refractivity contribution in [2.45, 2.75) is 30.7 Å². The largest absolute Gasteiger partial charge is 0.264 e. The summed E-state index contributed by atoms with van der Waals surface area (Å²) < 4.78 is 40.2. The van der Waals surface area contributed by atoms with E-state index >= 15 is 0 Å². The molecule has 0 amide bonds. The molecule has 0 radical (unpaired) electrons. The minimum atomic E-state index is -3.67. The van der Waals surface area contributed by atoms with Gasteiger partial charge in [-0.25, -0.2) is 12.8 Å². The fourth-order valence-corrected chi connectivity index (χ4v) is 4.47. The predicted octanol–water partition coefficient (Wildman–Crippen LogP) is 3.36. The number of sulfonamides is 1.